The van der Waals surface area contributed by atoms with Crippen LogP contribution in [0.2, 0.25) is 0 Å². The largest absolute Gasteiger partial charge is 0.463 e. The van der Waals surface area contributed by atoms with Crippen LogP contribution in [0.1, 0.15) is 39.0 Å². The number of carbonyl (C=O) groups excluding carboxylic acids is 1. The number of ether oxygens (including phenoxy) is 1. The number of carbonyl (C=O) groups is 1. The number of hydrogen-bond donors (Lipinski definition) is 0. The van der Waals surface area contributed by atoms with E-state index in [0.29, 0.717) is 12.2 Å². The van der Waals surface area contributed by atoms with Gasteiger partial charge in [0.1, 0.15) is 0 Å². The van der Waals surface area contributed by atoms with Crippen molar-refractivity contribution >= 4 is 5.97 Å². The number of fused-ring (bicyclic) bond motifs is 1. The molecule has 0 saturated heterocycles. The fraction of sp³-hybridized carbons (Fsp3) is 0.769. The van der Waals surface area contributed by atoms with Gasteiger partial charge in [0.25, 0.3) is 0 Å². The van der Waals surface area contributed by atoms with Crippen LogP contribution in [0.25, 0.3) is 0 Å². The Morgan fingerprint density at radius 2 is 1.93 bits per heavy atom. The second-order valence-corrected chi connectivity index (χ2v) is 4.80. The zero-order valence-corrected chi connectivity index (χ0v) is 9.50. The second kappa shape index (κ2) is 4.38. The first-order chi connectivity index (χ1) is 7.24. The highest BCUT2D eigenvalue weighted by molar-refractivity contribution is 5.87. The van der Waals surface area contributed by atoms with Crippen LogP contribution in [-0.2, 0) is 9.53 Å². The Bertz CT molecular complexity index is 258. The lowest BCUT2D eigenvalue weighted by atomic mass is 10.0. The fourth-order valence-corrected chi connectivity index (χ4v) is 3.04. The van der Waals surface area contributed by atoms with Crippen LogP contribution in [0.5, 0.6) is 0 Å². The van der Waals surface area contributed by atoms with Crippen molar-refractivity contribution in [2.75, 3.05) is 6.61 Å². The molecule has 1 unspecified atom stereocenters. The lowest BCUT2D eigenvalue weighted by Crippen LogP contribution is -2.07. The van der Waals surface area contributed by atoms with E-state index in [1.165, 1.54) is 25.7 Å². The molecule has 0 bridgehead atoms. The standard InChI is InChI=1S/C13H20O2/c1-3-15-13(14)9(2)8-12-10-6-4-5-7-11(10)12/h10-12H,2-8H2,1H3/t10-,11+,12?. The summed E-state index contributed by atoms with van der Waals surface area (Å²) in [4.78, 5) is 11.4. The molecule has 0 aromatic carbocycles. The van der Waals surface area contributed by atoms with Crippen LogP contribution in [0.3, 0.4) is 0 Å². The van der Waals surface area contributed by atoms with E-state index >= 15 is 0 Å². The first-order valence-electron chi connectivity index (χ1n) is 6.09. The van der Waals surface area contributed by atoms with E-state index in [-0.39, 0.29) is 5.97 Å². The molecule has 2 saturated carbocycles. The number of hydrogen-bond acceptors (Lipinski definition) is 2. The van der Waals surface area contributed by atoms with Gasteiger partial charge in [0.15, 0.2) is 0 Å². The maximum absolute atomic E-state index is 11.4. The predicted octanol–water partition coefficient (Wildman–Crippen LogP) is 2.93. The zero-order chi connectivity index (χ0) is 10.8. The molecule has 0 amide bonds. The molecule has 84 valence electrons. The summed E-state index contributed by atoms with van der Waals surface area (Å²) in [5.41, 5.74) is 0.677. The monoisotopic (exact) mass is 208 g/mol. The molecular weight excluding hydrogens is 188 g/mol. The van der Waals surface area contributed by atoms with Gasteiger partial charge in [-0.25, -0.2) is 4.79 Å². The minimum atomic E-state index is -0.193. The van der Waals surface area contributed by atoms with Gasteiger partial charge in [-0.2, -0.15) is 0 Å². The summed E-state index contributed by atoms with van der Waals surface area (Å²) in [6.45, 7) is 6.13. The molecule has 0 N–H and O–H groups in total. The van der Waals surface area contributed by atoms with Gasteiger partial charge in [-0.15, -0.1) is 0 Å². The third-order valence-corrected chi connectivity index (χ3v) is 3.88. The summed E-state index contributed by atoms with van der Waals surface area (Å²) in [6.07, 6.45) is 6.36. The van der Waals surface area contributed by atoms with Crippen molar-refractivity contribution < 1.29 is 9.53 Å². The predicted molar refractivity (Wildman–Crippen MR) is 59.3 cm³/mol. The highest BCUT2D eigenvalue weighted by Crippen LogP contribution is 2.57. The molecule has 2 aliphatic rings. The van der Waals surface area contributed by atoms with E-state index in [4.69, 9.17) is 4.74 Å². The van der Waals surface area contributed by atoms with Crippen molar-refractivity contribution in [1.29, 1.82) is 0 Å². The molecule has 0 aromatic heterocycles. The smallest absolute Gasteiger partial charge is 0.333 e. The molecule has 0 aliphatic heterocycles. The Kier molecular flexibility index (Phi) is 3.13. The van der Waals surface area contributed by atoms with Gasteiger partial charge >= 0.3 is 5.97 Å². The van der Waals surface area contributed by atoms with Gasteiger partial charge in [0.05, 0.1) is 6.61 Å². The molecule has 0 radical (unpaired) electrons. The Balaban J connectivity index is 1.78. The van der Waals surface area contributed by atoms with E-state index < -0.39 is 0 Å². The van der Waals surface area contributed by atoms with Gasteiger partial charge in [-0.05, 0) is 43.9 Å². The van der Waals surface area contributed by atoms with Gasteiger partial charge < -0.3 is 4.74 Å². The molecule has 0 heterocycles. The second-order valence-electron chi connectivity index (χ2n) is 4.80. The van der Waals surface area contributed by atoms with Crippen LogP contribution >= 0.6 is 0 Å². The summed E-state index contributed by atoms with van der Waals surface area (Å²) in [5.74, 6) is 2.33. The van der Waals surface area contributed by atoms with Crippen molar-refractivity contribution in [3.05, 3.63) is 12.2 Å². The molecule has 2 rings (SSSR count). The Labute approximate surface area is 91.7 Å². The molecule has 15 heavy (non-hydrogen) atoms. The quantitative estimate of drug-likeness (QED) is 0.524. The maximum atomic E-state index is 11.4. The van der Waals surface area contributed by atoms with E-state index in [1.807, 2.05) is 6.92 Å². The van der Waals surface area contributed by atoms with E-state index in [2.05, 4.69) is 6.58 Å². The van der Waals surface area contributed by atoms with E-state index in [9.17, 15) is 4.79 Å². The summed E-state index contributed by atoms with van der Waals surface area (Å²) in [5, 5.41) is 0. The molecule has 2 aliphatic carbocycles. The third-order valence-electron chi connectivity index (χ3n) is 3.88. The summed E-state index contributed by atoms with van der Waals surface area (Å²) >= 11 is 0. The zero-order valence-electron chi connectivity index (χ0n) is 9.50. The highest BCUT2D eigenvalue weighted by Gasteiger charge is 2.50. The Hall–Kier alpha value is -0.790. The van der Waals surface area contributed by atoms with E-state index in [0.717, 1.165) is 24.2 Å². The Morgan fingerprint density at radius 1 is 1.33 bits per heavy atom. The lowest BCUT2D eigenvalue weighted by molar-refractivity contribution is -0.138. The minimum absolute atomic E-state index is 0.193. The van der Waals surface area contributed by atoms with Crippen molar-refractivity contribution in [3.63, 3.8) is 0 Å². The fourth-order valence-electron chi connectivity index (χ4n) is 3.04. The molecule has 0 spiro atoms. The number of esters is 1. The van der Waals surface area contributed by atoms with Gasteiger partial charge in [-0.3, -0.25) is 0 Å². The highest BCUT2D eigenvalue weighted by atomic mass is 16.5. The molecule has 0 aromatic rings. The minimum Gasteiger partial charge on any atom is -0.463 e. The van der Waals surface area contributed by atoms with Crippen LogP contribution < -0.4 is 0 Å². The van der Waals surface area contributed by atoms with Crippen molar-refractivity contribution in [1.82, 2.24) is 0 Å². The van der Waals surface area contributed by atoms with Crippen LogP contribution in [0.15, 0.2) is 12.2 Å². The molecular formula is C13H20O2. The maximum Gasteiger partial charge on any atom is 0.333 e. The number of rotatable bonds is 4. The summed E-state index contributed by atoms with van der Waals surface area (Å²) in [6, 6.07) is 0. The Morgan fingerprint density at radius 3 is 2.47 bits per heavy atom. The van der Waals surface area contributed by atoms with Crippen LogP contribution in [0.4, 0.5) is 0 Å². The van der Waals surface area contributed by atoms with Gasteiger partial charge in [-0.1, -0.05) is 19.4 Å². The molecule has 2 nitrogen and oxygen atoms in total. The summed E-state index contributed by atoms with van der Waals surface area (Å²) < 4.78 is 4.95. The van der Waals surface area contributed by atoms with Crippen molar-refractivity contribution in [2.24, 2.45) is 17.8 Å². The SMILES string of the molecule is C=C(CC1[C@H]2CCCC[C@@H]12)C(=O)OCC. The van der Waals surface area contributed by atoms with Crippen molar-refractivity contribution in [2.45, 2.75) is 39.0 Å². The van der Waals surface area contributed by atoms with Crippen LogP contribution in [-0.4, -0.2) is 12.6 Å². The van der Waals surface area contributed by atoms with E-state index in [1.54, 1.807) is 0 Å². The van der Waals surface area contributed by atoms with Crippen LogP contribution in [0, 0.1) is 17.8 Å². The molecule has 3 atom stereocenters. The first kappa shape index (κ1) is 10.7. The summed E-state index contributed by atoms with van der Waals surface area (Å²) in [7, 11) is 0. The lowest BCUT2D eigenvalue weighted by Gasteiger charge is -2.04. The topological polar surface area (TPSA) is 26.3 Å². The van der Waals surface area contributed by atoms with Gasteiger partial charge in [0.2, 0.25) is 0 Å². The normalized spacial score (nSPS) is 33.0. The van der Waals surface area contributed by atoms with Gasteiger partial charge in [0, 0.05) is 5.57 Å². The third kappa shape index (κ3) is 2.24. The molecule has 2 fully saturated rings. The van der Waals surface area contributed by atoms with Crippen molar-refractivity contribution in [3.8, 4) is 0 Å². The molecule has 2 heteroatoms. The average Bonchev–Trinajstić information content (AvgIpc) is 2.93. The first-order valence-corrected chi connectivity index (χ1v) is 6.09. The average molecular weight is 208 g/mol.